The van der Waals surface area contributed by atoms with E-state index in [1.54, 1.807) is 30.5 Å². The Morgan fingerprint density at radius 3 is 2.94 bits per heavy atom. The van der Waals surface area contributed by atoms with Crippen LogP contribution in [0.3, 0.4) is 0 Å². The van der Waals surface area contributed by atoms with E-state index < -0.39 is 0 Å². The Balaban J connectivity index is 2.18. The third kappa shape index (κ3) is 2.31. The van der Waals surface area contributed by atoms with Gasteiger partial charge in [-0.05, 0) is 12.1 Å². The Kier molecular flexibility index (Phi) is 3.06. The summed E-state index contributed by atoms with van der Waals surface area (Å²) in [6, 6.07) is 6.96. The van der Waals surface area contributed by atoms with Crippen LogP contribution in [-0.4, -0.2) is 15.3 Å². The molecular formula is C12H11ClN2O. The summed E-state index contributed by atoms with van der Waals surface area (Å²) in [7, 11) is 1.87. The molecule has 1 aromatic carbocycles. The molecular weight excluding hydrogens is 224 g/mol. The molecule has 0 fully saturated rings. The van der Waals surface area contributed by atoms with Crippen molar-refractivity contribution in [3.63, 3.8) is 0 Å². The van der Waals surface area contributed by atoms with Gasteiger partial charge in [0.25, 0.3) is 0 Å². The summed E-state index contributed by atoms with van der Waals surface area (Å²) in [6.07, 6.45) is 3.80. The molecule has 4 heteroatoms. The summed E-state index contributed by atoms with van der Waals surface area (Å²) in [5, 5.41) is 0.575. The molecule has 1 aromatic heterocycles. The zero-order valence-electron chi connectivity index (χ0n) is 8.85. The molecule has 3 nitrogen and oxygen atoms in total. The predicted octanol–water partition coefficient (Wildman–Crippen LogP) is 2.50. The van der Waals surface area contributed by atoms with Gasteiger partial charge in [0.15, 0.2) is 5.78 Å². The van der Waals surface area contributed by atoms with Crippen molar-refractivity contribution in [3.8, 4) is 0 Å². The number of aryl methyl sites for hydroxylation is 1. The molecule has 0 aliphatic carbocycles. The smallest absolute Gasteiger partial charge is 0.170 e. The minimum atomic E-state index is 0.0248. The van der Waals surface area contributed by atoms with Gasteiger partial charge < -0.3 is 4.57 Å². The van der Waals surface area contributed by atoms with Gasteiger partial charge in [-0.2, -0.15) is 0 Å². The molecule has 0 spiro atoms. The molecule has 0 unspecified atom stereocenters. The number of halogens is 1. The second kappa shape index (κ2) is 4.49. The highest BCUT2D eigenvalue weighted by Gasteiger charge is 2.10. The van der Waals surface area contributed by atoms with Crippen LogP contribution in [0.1, 0.15) is 16.2 Å². The number of rotatable bonds is 3. The molecule has 0 amide bonds. The van der Waals surface area contributed by atoms with Crippen molar-refractivity contribution >= 4 is 17.4 Å². The van der Waals surface area contributed by atoms with Crippen LogP contribution in [0.4, 0.5) is 0 Å². The summed E-state index contributed by atoms with van der Waals surface area (Å²) >= 11 is 5.83. The summed E-state index contributed by atoms with van der Waals surface area (Å²) in [6.45, 7) is 0. The van der Waals surface area contributed by atoms with E-state index in [1.165, 1.54) is 0 Å². The summed E-state index contributed by atoms with van der Waals surface area (Å²) in [5.74, 6) is 0.779. The van der Waals surface area contributed by atoms with Gasteiger partial charge in [-0.3, -0.25) is 4.79 Å². The Bertz CT molecular complexity index is 519. The van der Waals surface area contributed by atoms with Crippen molar-refractivity contribution in [3.05, 3.63) is 53.1 Å². The van der Waals surface area contributed by atoms with E-state index in [1.807, 2.05) is 17.8 Å². The van der Waals surface area contributed by atoms with Crippen molar-refractivity contribution in [2.75, 3.05) is 0 Å². The summed E-state index contributed by atoms with van der Waals surface area (Å²) < 4.78 is 1.84. The first-order chi connectivity index (χ1) is 7.66. The van der Waals surface area contributed by atoms with Crippen molar-refractivity contribution in [2.24, 2.45) is 7.05 Å². The normalized spacial score (nSPS) is 10.4. The third-order valence-electron chi connectivity index (χ3n) is 2.39. The van der Waals surface area contributed by atoms with Crippen LogP contribution in [0.2, 0.25) is 5.02 Å². The molecule has 16 heavy (non-hydrogen) atoms. The van der Waals surface area contributed by atoms with Gasteiger partial charge in [0.1, 0.15) is 5.82 Å². The number of carbonyl (C=O) groups excluding carboxylic acids is 1. The highest BCUT2D eigenvalue weighted by atomic mass is 35.5. The Hall–Kier alpha value is -1.61. The molecule has 0 saturated carbocycles. The highest BCUT2D eigenvalue weighted by molar-refractivity contribution is 6.31. The van der Waals surface area contributed by atoms with Crippen LogP contribution < -0.4 is 0 Å². The largest absolute Gasteiger partial charge is 0.338 e. The molecule has 2 rings (SSSR count). The van der Waals surface area contributed by atoms with E-state index in [4.69, 9.17) is 11.6 Å². The molecule has 0 atom stereocenters. The van der Waals surface area contributed by atoms with E-state index in [0.29, 0.717) is 17.0 Å². The lowest BCUT2D eigenvalue weighted by molar-refractivity contribution is 0.0990. The van der Waals surface area contributed by atoms with Crippen LogP contribution in [0.5, 0.6) is 0 Å². The lowest BCUT2D eigenvalue weighted by Crippen LogP contribution is -2.08. The van der Waals surface area contributed by atoms with Crippen molar-refractivity contribution < 1.29 is 4.79 Å². The maximum atomic E-state index is 11.9. The number of imidazole rings is 1. The van der Waals surface area contributed by atoms with Crippen molar-refractivity contribution in [1.82, 2.24) is 9.55 Å². The number of aromatic nitrogens is 2. The summed E-state index contributed by atoms with van der Waals surface area (Å²) in [4.78, 5) is 16.0. The third-order valence-corrected chi connectivity index (χ3v) is 2.62. The number of benzene rings is 1. The van der Waals surface area contributed by atoms with Crippen LogP contribution in [0, 0.1) is 0 Å². The first-order valence-electron chi connectivity index (χ1n) is 4.92. The van der Waals surface area contributed by atoms with Gasteiger partial charge in [-0.25, -0.2) is 4.98 Å². The monoisotopic (exact) mass is 234 g/mol. The Morgan fingerprint density at radius 1 is 1.50 bits per heavy atom. The molecule has 0 aliphatic rings. The topological polar surface area (TPSA) is 34.9 Å². The van der Waals surface area contributed by atoms with Crippen molar-refractivity contribution in [2.45, 2.75) is 6.42 Å². The first-order valence-corrected chi connectivity index (χ1v) is 5.29. The number of ketones is 1. The fraction of sp³-hybridized carbons (Fsp3) is 0.167. The lowest BCUT2D eigenvalue weighted by Gasteiger charge is -2.02. The molecule has 0 aliphatic heterocycles. The quantitative estimate of drug-likeness (QED) is 0.765. The van der Waals surface area contributed by atoms with Crippen LogP contribution in [-0.2, 0) is 13.5 Å². The summed E-state index contributed by atoms with van der Waals surface area (Å²) in [5.41, 5.74) is 0.621. The van der Waals surface area contributed by atoms with Gasteiger partial charge in [-0.15, -0.1) is 0 Å². The van der Waals surface area contributed by atoms with Crippen LogP contribution in [0.25, 0.3) is 0 Å². The molecule has 2 aromatic rings. The first kappa shape index (κ1) is 10.9. The number of hydrogen-bond donors (Lipinski definition) is 0. The minimum absolute atomic E-state index is 0.0248. The van der Waals surface area contributed by atoms with Gasteiger partial charge in [0, 0.05) is 30.0 Å². The van der Waals surface area contributed by atoms with E-state index in [0.717, 1.165) is 5.82 Å². The SMILES string of the molecule is Cn1ccnc1CC(=O)c1cccc(Cl)c1. The highest BCUT2D eigenvalue weighted by Crippen LogP contribution is 2.12. The minimum Gasteiger partial charge on any atom is -0.338 e. The molecule has 82 valence electrons. The van der Waals surface area contributed by atoms with Gasteiger partial charge in [-0.1, -0.05) is 23.7 Å². The van der Waals surface area contributed by atoms with Gasteiger partial charge >= 0.3 is 0 Å². The second-order valence-electron chi connectivity index (χ2n) is 3.56. The van der Waals surface area contributed by atoms with Crippen LogP contribution >= 0.6 is 11.6 Å². The molecule has 1 heterocycles. The van der Waals surface area contributed by atoms with Gasteiger partial charge in [0.05, 0.1) is 6.42 Å². The average Bonchev–Trinajstić information content (AvgIpc) is 2.64. The standard InChI is InChI=1S/C12H11ClN2O/c1-15-6-5-14-12(15)8-11(16)9-3-2-4-10(13)7-9/h2-7H,8H2,1H3. The zero-order valence-corrected chi connectivity index (χ0v) is 9.61. The molecule has 0 radical (unpaired) electrons. The zero-order chi connectivity index (χ0) is 11.5. The Morgan fingerprint density at radius 2 is 2.31 bits per heavy atom. The number of carbonyl (C=O) groups is 1. The number of Topliss-reactive ketones (excluding diaryl/α,β-unsaturated/α-hetero) is 1. The fourth-order valence-corrected chi connectivity index (χ4v) is 1.66. The molecule has 0 N–H and O–H groups in total. The van der Waals surface area contributed by atoms with Crippen LogP contribution in [0.15, 0.2) is 36.7 Å². The average molecular weight is 235 g/mol. The number of hydrogen-bond acceptors (Lipinski definition) is 2. The van der Waals surface area contributed by atoms with E-state index in [9.17, 15) is 4.79 Å². The van der Waals surface area contributed by atoms with Crippen molar-refractivity contribution in [1.29, 1.82) is 0 Å². The maximum Gasteiger partial charge on any atom is 0.170 e. The molecule has 0 saturated heterocycles. The van der Waals surface area contributed by atoms with E-state index in [-0.39, 0.29) is 5.78 Å². The predicted molar refractivity (Wildman–Crippen MR) is 62.7 cm³/mol. The van der Waals surface area contributed by atoms with E-state index in [2.05, 4.69) is 4.98 Å². The Labute approximate surface area is 98.7 Å². The second-order valence-corrected chi connectivity index (χ2v) is 4.00. The maximum absolute atomic E-state index is 11.9. The lowest BCUT2D eigenvalue weighted by atomic mass is 10.1. The number of nitrogens with zero attached hydrogens (tertiary/aromatic N) is 2. The molecule has 0 bridgehead atoms. The van der Waals surface area contributed by atoms with E-state index >= 15 is 0 Å². The van der Waals surface area contributed by atoms with Gasteiger partial charge in [0.2, 0.25) is 0 Å². The fourth-order valence-electron chi connectivity index (χ4n) is 1.47.